The van der Waals surface area contributed by atoms with Crippen LogP contribution in [0.5, 0.6) is 0 Å². The lowest BCUT2D eigenvalue weighted by Crippen LogP contribution is -2.40. The quantitative estimate of drug-likeness (QED) is 0.675. The van der Waals surface area contributed by atoms with E-state index in [1.807, 2.05) is 0 Å². The van der Waals surface area contributed by atoms with Crippen LogP contribution < -0.4 is 5.32 Å². The first kappa shape index (κ1) is 23.1. The highest BCUT2D eigenvalue weighted by Crippen LogP contribution is 2.33. The summed E-state index contributed by atoms with van der Waals surface area (Å²) in [4.78, 5) is 16.7. The summed E-state index contributed by atoms with van der Waals surface area (Å²) < 4.78 is 39.6. The van der Waals surface area contributed by atoms with E-state index in [-0.39, 0.29) is 5.91 Å². The smallest absolute Gasteiger partial charge is 0.355 e. The molecular formula is C23H34F3N3O. The molecule has 168 valence electrons. The number of benzene rings is 1. The molecule has 0 spiro atoms. The molecule has 1 atom stereocenters. The summed E-state index contributed by atoms with van der Waals surface area (Å²) in [6.07, 6.45) is 1.34. The first-order valence-electron chi connectivity index (χ1n) is 11.2. The number of likely N-dealkylation sites (tertiary alicyclic amines) is 2. The Morgan fingerprint density at radius 1 is 1.13 bits per heavy atom. The molecule has 1 aromatic carbocycles. The van der Waals surface area contributed by atoms with Crippen molar-refractivity contribution in [2.24, 2.45) is 5.92 Å². The normalized spacial score (nSPS) is 21.8. The van der Waals surface area contributed by atoms with Crippen molar-refractivity contribution in [2.45, 2.75) is 64.2 Å². The lowest BCUT2D eigenvalue weighted by molar-refractivity contribution is -0.138. The summed E-state index contributed by atoms with van der Waals surface area (Å²) >= 11 is 0. The van der Waals surface area contributed by atoms with Gasteiger partial charge < -0.3 is 5.32 Å². The van der Waals surface area contributed by atoms with Gasteiger partial charge in [-0.25, -0.2) is 0 Å². The summed E-state index contributed by atoms with van der Waals surface area (Å²) in [7, 11) is 0. The van der Waals surface area contributed by atoms with Crippen LogP contribution in [0.4, 0.5) is 13.2 Å². The van der Waals surface area contributed by atoms with Crippen LogP contribution in [0.15, 0.2) is 24.3 Å². The SMILES string of the molecule is CCN1CCCC1CNC(=O)CCC1CCN(Cc2ccccc2C(F)(F)F)CC1. The highest BCUT2D eigenvalue weighted by molar-refractivity contribution is 5.75. The largest absolute Gasteiger partial charge is 0.416 e. The van der Waals surface area contributed by atoms with E-state index in [0.717, 1.165) is 64.5 Å². The Hall–Kier alpha value is -1.60. The van der Waals surface area contributed by atoms with E-state index >= 15 is 0 Å². The number of carbonyl (C=O) groups is 1. The number of nitrogens with zero attached hydrogens (tertiary/aromatic N) is 2. The van der Waals surface area contributed by atoms with E-state index in [1.165, 1.54) is 12.5 Å². The van der Waals surface area contributed by atoms with Gasteiger partial charge in [0.05, 0.1) is 5.56 Å². The molecule has 30 heavy (non-hydrogen) atoms. The van der Waals surface area contributed by atoms with Crippen molar-refractivity contribution in [3.63, 3.8) is 0 Å². The zero-order valence-corrected chi connectivity index (χ0v) is 17.9. The van der Waals surface area contributed by atoms with E-state index < -0.39 is 11.7 Å². The summed E-state index contributed by atoms with van der Waals surface area (Å²) in [6, 6.07) is 6.31. The van der Waals surface area contributed by atoms with Crippen LogP contribution in [0.1, 0.15) is 56.6 Å². The fourth-order valence-corrected chi connectivity index (χ4v) is 4.81. The van der Waals surface area contributed by atoms with Gasteiger partial charge in [0.25, 0.3) is 0 Å². The van der Waals surface area contributed by atoms with Crippen molar-refractivity contribution in [3.8, 4) is 0 Å². The van der Waals surface area contributed by atoms with Crippen molar-refractivity contribution >= 4 is 5.91 Å². The minimum atomic E-state index is -4.31. The lowest BCUT2D eigenvalue weighted by atomic mass is 9.91. The number of likely N-dealkylation sites (N-methyl/N-ethyl adjacent to an activating group) is 1. The fraction of sp³-hybridized carbons (Fsp3) is 0.696. The molecule has 3 rings (SSSR count). The number of rotatable bonds is 8. The van der Waals surface area contributed by atoms with Crippen LogP contribution in [0.25, 0.3) is 0 Å². The van der Waals surface area contributed by atoms with E-state index in [2.05, 4.69) is 22.0 Å². The second-order valence-corrected chi connectivity index (χ2v) is 8.64. The molecule has 0 saturated carbocycles. The van der Waals surface area contributed by atoms with Crippen molar-refractivity contribution in [1.82, 2.24) is 15.1 Å². The van der Waals surface area contributed by atoms with Crippen LogP contribution in [0.3, 0.4) is 0 Å². The number of hydrogen-bond acceptors (Lipinski definition) is 3. The first-order valence-corrected chi connectivity index (χ1v) is 11.2. The molecule has 1 aromatic rings. The van der Waals surface area contributed by atoms with E-state index in [9.17, 15) is 18.0 Å². The van der Waals surface area contributed by atoms with Gasteiger partial charge in [0, 0.05) is 25.6 Å². The topological polar surface area (TPSA) is 35.6 Å². The second kappa shape index (κ2) is 10.6. The summed E-state index contributed by atoms with van der Waals surface area (Å²) in [5.74, 6) is 0.600. The molecule has 2 saturated heterocycles. The molecule has 2 aliphatic heterocycles. The maximum Gasteiger partial charge on any atom is 0.416 e. The average Bonchev–Trinajstić information content (AvgIpc) is 3.19. The molecule has 1 unspecified atom stereocenters. The molecule has 4 nitrogen and oxygen atoms in total. The van der Waals surface area contributed by atoms with E-state index in [4.69, 9.17) is 0 Å². The van der Waals surface area contributed by atoms with Crippen LogP contribution in [0, 0.1) is 5.92 Å². The Bertz CT molecular complexity index is 687. The number of alkyl halides is 3. The van der Waals surface area contributed by atoms with Crippen LogP contribution >= 0.6 is 0 Å². The van der Waals surface area contributed by atoms with Gasteiger partial charge in [-0.1, -0.05) is 25.1 Å². The first-order chi connectivity index (χ1) is 14.4. The minimum Gasteiger partial charge on any atom is -0.355 e. The number of nitrogens with one attached hydrogen (secondary N) is 1. The third-order valence-electron chi connectivity index (χ3n) is 6.64. The average molecular weight is 426 g/mol. The third kappa shape index (κ3) is 6.45. The van der Waals surface area contributed by atoms with E-state index in [0.29, 0.717) is 30.5 Å². The zero-order valence-electron chi connectivity index (χ0n) is 17.9. The zero-order chi connectivity index (χ0) is 21.6. The summed E-state index contributed by atoms with van der Waals surface area (Å²) in [5.41, 5.74) is -0.191. The van der Waals surface area contributed by atoms with Crippen LogP contribution in [-0.4, -0.2) is 54.5 Å². The number of piperidine rings is 1. The van der Waals surface area contributed by atoms with Crippen molar-refractivity contribution < 1.29 is 18.0 Å². The van der Waals surface area contributed by atoms with Gasteiger partial charge in [0.15, 0.2) is 0 Å². The number of carbonyl (C=O) groups excluding carboxylic acids is 1. The highest BCUT2D eigenvalue weighted by atomic mass is 19.4. The van der Waals surface area contributed by atoms with Crippen molar-refractivity contribution in [3.05, 3.63) is 35.4 Å². The van der Waals surface area contributed by atoms with Gasteiger partial charge in [-0.05, 0) is 75.8 Å². The Morgan fingerprint density at radius 3 is 2.57 bits per heavy atom. The summed E-state index contributed by atoms with van der Waals surface area (Å²) in [6.45, 7) is 6.96. The van der Waals surface area contributed by atoms with Gasteiger partial charge in [0.1, 0.15) is 0 Å². The van der Waals surface area contributed by atoms with Gasteiger partial charge in [-0.15, -0.1) is 0 Å². The molecule has 1 N–H and O–H groups in total. The van der Waals surface area contributed by atoms with E-state index in [1.54, 1.807) is 12.1 Å². The summed E-state index contributed by atoms with van der Waals surface area (Å²) in [5, 5.41) is 3.09. The molecule has 0 aromatic heterocycles. The molecule has 0 aliphatic carbocycles. The highest BCUT2D eigenvalue weighted by Gasteiger charge is 2.33. The fourth-order valence-electron chi connectivity index (χ4n) is 4.81. The maximum absolute atomic E-state index is 13.2. The van der Waals surface area contributed by atoms with Gasteiger partial charge in [-0.2, -0.15) is 13.2 Å². The van der Waals surface area contributed by atoms with Crippen LogP contribution in [0.2, 0.25) is 0 Å². The Kier molecular flexibility index (Phi) is 8.17. The molecular weight excluding hydrogens is 391 g/mol. The molecule has 2 aliphatic rings. The molecule has 2 heterocycles. The lowest BCUT2D eigenvalue weighted by Gasteiger charge is -2.32. The molecule has 7 heteroatoms. The maximum atomic E-state index is 13.2. The van der Waals surface area contributed by atoms with Crippen LogP contribution in [-0.2, 0) is 17.5 Å². The van der Waals surface area contributed by atoms with Crippen molar-refractivity contribution in [1.29, 1.82) is 0 Å². The Balaban J connectivity index is 1.36. The minimum absolute atomic E-state index is 0.125. The molecule has 0 bridgehead atoms. The second-order valence-electron chi connectivity index (χ2n) is 8.64. The molecule has 1 amide bonds. The third-order valence-corrected chi connectivity index (χ3v) is 6.64. The van der Waals surface area contributed by atoms with Gasteiger partial charge in [-0.3, -0.25) is 14.6 Å². The predicted octanol–water partition coefficient (Wildman–Crippen LogP) is 4.30. The Labute approximate surface area is 177 Å². The Morgan fingerprint density at radius 2 is 1.87 bits per heavy atom. The molecule has 2 fully saturated rings. The number of amides is 1. The van der Waals surface area contributed by atoms with Gasteiger partial charge >= 0.3 is 6.18 Å². The standard InChI is InChI=1S/C23H34F3N3O/c1-2-29-13-5-7-20(29)16-27-22(30)10-9-18-11-14-28(15-12-18)17-19-6-3-4-8-21(19)23(24,25)26/h3-4,6,8,18,20H,2,5,7,9-17H2,1H3,(H,27,30). The molecule has 0 radical (unpaired) electrons. The predicted molar refractivity (Wildman–Crippen MR) is 112 cm³/mol. The van der Waals surface area contributed by atoms with Crippen molar-refractivity contribution in [2.75, 3.05) is 32.7 Å². The number of halogens is 3. The number of hydrogen-bond donors (Lipinski definition) is 1. The monoisotopic (exact) mass is 425 g/mol. The van der Waals surface area contributed by atoms with Gasteiger partial charge in [0.2, 0.25) is 5.91 Å².